The number of hydrogen-bond donors (Lipinski definition) is 0. The second kappa shape index (κ2) is 6.79. The Hall–Kier alpha value is -2.40. The zero-order chi connectivity index (χ0) is 16.2. The van der Waals surface area contributed by atoms with Gasteiger partial charge in [-0.2, -0.15) is 0 Å². The fraction of sp³-hybridized carbons (Fsp3) is 0.333. The van der Waals surface area contributed by atoms with Crippen LogP contribution in [0.1, 0.15) is 11.1 Å². The van der Waals surface area contributed by atoms with Crippen molar-refractivity contribution >= 4 is 11.4 Å². The number of rotatable bonds is 4. The molecule has 2 aromatic carbocycles. The van der Waals surface area contributed by atoms with Crippen molar-refractivity contribution < 1.29 is 4.92 Å². The Balaban J connectivity index is 1.55. The fourth-order valence-corrected chi connectivity index (χ4v) is 2.97. The van der Waals surface area contributed by atoms with Gasteiger partial charge in [0.15, 0.2) is 0 Å². The Labute approximate surface area is 136 Å². The number of piperazine rings is 1. The van der Waals surface area contributed by atoms with Crippen LogP contribution in [-0.2, 0) is 6.54 Å². The van der Waals surface area contributed by atoms with Gasteiger partial charge in [-0.15, -0.1) is 0 Å². The van der Waals surface area contributed by atoms with Crippen LogP contribution in [0.3, 0.4) is 0 Å². The first kappa shape index (κ1) is 15.5. The molecule has 0 N–H and O–H groups in total. The SMILES string of the molecule is Cc1cccc(N2CCN(Cc3ccc([N+](=O)[O-])cc3)CC2)c1. The second-order valence-corrected chi connectivity index (χ2v) is 6.03. The van der Waals surface area contributed by atoms with Crippen molar-refractivity contribution in [1.29, 1.82) is 0 Å². The molecule has 1 aliphatic heterocycles. The van der Waals surface area contributed by atoms with Crippen LogP contribution in [0.4, 0.5) is 11.4 Å². The number of nitrogens with zero attached hydrogens (tertiary/aromatic N) is 3. The van der Waals surface area contributed by atoms with E-state index in [1.54, 1.807) is 12.1 Å². The van der Waals surface area contributed by atoms with Gasteiger partial charge in [0.05, 0.1) is 4.92 Å². The summed E-state index contributed by atoms with van der Waals surface area (Å²) in [6, 6.07) is 15.5. The van der Waals surface area contributed by atoms with E-state index in [0.29, 0.717) is 0 Å². The Morgan fingerprint density at radius 2 is 1.74 bits per heavy atom. The van der Waals surface area contributed by atoms with Crippen molar-refractivity contribution in [2.45, 2.75) is 13.5 Å². The first-order valence-corrected chi connectivity index (χ1v) is 7.89. The molecular formula is C18H21N3O2. The summed E-state index contributed by atoms with van der Waals surface area (Å²) >= 11 is 0. The van der Waals surface area contributed by atoms with Gasteiger partial charge in [-0.25, -0.2) is 0 Å². The van der Waals surface area contributed by atoms with Crippen LogP contribution < -0.4 is 4.90 Å². The van der Waals surface area contributed by atoms with E-state index < -0.39 is 0 Å². The molecule has 0 aliphatic carbocycles. The third-order valence-electron chi connectivity index (χ3n) is 4.29. The zero-order valence-corrected chi connectivity index (χ0v) is 13.3. The highest BCUT2D eigenvalue weighted by atomic mass is 16.6. The average Bonchev–Trinajstić information content (AvgIpc) is 2.56. The molecule has 5 heteroatoms. The van der Waals surface area contributed by atoms with Crippen molar-refractivity contribution in [3.8, 4) is 0 Å². The maximum atomic E-state index is 10.7. The van der Waals surface area contributed by atoms with E-state index >= 15 is 0 Å². The van der Waals surface area contributed by atoms with E-state index in [0.717, 1.165) is 38.3 Å². The molecule has 0 aromatic heterocycles. The molecule has 120 valence electrons. The van der Waals surface area contributed by atoms with E-state index in [-0.39, 0.29) is 10.6 Å². The summed E-state index contributed by atoms with van der Waals surface area (Å²) in [5.74, 6) is 0. The molecule has 0 radical (unpaired) electrons. The van der Waals surface area contributed by atoms with E-state index in [2.05, 4.69) is 41.0 Å². The highest BCUT2D eigenvalue weighted by molar-refractivity contribution is 5.48. The maximum absolute atomic E-state index is 10.7. The molecule has 5 nitrogen and oxygen atoms in total. The first-order valence-electron chi connectivity index (χ1n) is 7.89. The Morgan fingerprint density at radius 1 is 1.04 bits per heavy atom. The summed E-state index contributed by atoms with van der Waals surface area (Å²) in [7, 11) is 0. The zero-order valence-electron chi connectivity index (χ0n) is 13.3. The lowest BCUT2D eigenvalue weighted by Gasteiger charge is -2.36. The highest BCUT2D eigenvalue weighted by Gasteiger charge is 2.17. The van der Waals surface area contributed by atoms with Crippen molar-refractivity contribution in [1.82, 2.24) is 4.90 Å². The Morgan fingerprint density at radius 3 is 2.35 bits per heavy atom. The number of benzene rings is 2. The molecule has 0 atom stereocenters. The summed E-state index contributed by atoms with van der Waals surface area (Å²) in [5, 5.41) is 10.7. The summed E-state index contributed by atoms with van der Waals surface area (Å²) < 4.78 is 0. The van der Waals surface area contributed by atoms with Gasteiger partial charge in [0.1, 0.15) is 0 Å². The number of non-ortho nitro benzene ring substituents is 1. The van der Waals surface area contributed by atoms with E-state index in [1.807, 2.05) is 12.1 Å². The van der Waals surface area contributed by atoms with Gasteiger partial charge in [0.2, 0.25) is 0 Å². The summed E-state index contributed by atoms with van der Waals surface area (Å²) in [5.41, 5.74) is 3.86. The molecule has 3 rings (SSSR count). The molecule has 0 bridgehead atoms. The van der Waals surface area contributed by atoms with Crippen LogP contribution in [0.5, 0.6) is 0 Å². The average molecular weight is 311 g/mol. The standard InChI is InChI=1S/C18H21N3O2/c1-15-3-2-4-18(13-15)20-11-9-19(10-12-20)14-16-5-7-17(8-6-16)21(22)23/h2-8,13H,9-12,14H2,1H3. The number of nitro benzene ring substituents is 1. The van der Waals surface area contributed by atoms with Crippen molar-refractivity contribution in [3.63, 3.8) is 0 Å². The topological polar surface area (TPSA) is 49.6 Å². The Kier molecular flexibility index (Phi) is 4.57. The molecule has 0 spiro atoms. The molecular weight excluding hydrogens is 290 g/mol. The van der Waals surface area contributed by atoms with Crippen LogP contribution in [0.2, 0.25) is 0 Å². The number of nitro groups is 1. The van der Waals surface area contributed by atoms with Gasteiger partial charge in [0.25, 0.3) is 5.69 Å². The largest absolute Gasteiger partial charge is 0.369 e. The van der Waals surface area contributed by atoms with Gasteiger partial charge in [-0.1, -0.05) is 24.3 Å². The van der Waals surface area contributed by atoms with Crippen LogP contribution in [0.15, 0.2) is 48.5 Å². The van der Waals surface area contributed by atoms with Crippen molar-refractivity contribution in [2.24, 2.45) is 0 Å². The molecule has 0 amide bonds. The number of anilines is 1. The molecule has 0 saturated carbocycles. The van der Waals surface area contributed by atoms with Gasteiger partial charge >= 0.3 is 0 Å². The Bertz CT molecular complexity index is 677. The normalized spacial score (nSPS) is 15.6. The van der Waals surface area contributed by atoms with E-state index in [1.165, 1.54) is 11.3 Å². The lowest BCUT2D eigenvalue weighted by molar-refractivity contribution is -0.384. The van der Waals surface area contributed by atoms with Crippen LogP contribution >= 0.6 is 0 Å². The van der Waals surface area contributed by atoms with Gasteiger partial charge in [-0.3, -0.25) is 15.0 Å². The van der Waals surface area contributed by atoms with Gasteiger partial charge in [0, 0.05) is 50.5 Å². The third kappa shape index (κ3) is 3.87. The predicted octanol–water partition coefficient (Wildman–Crippen LogP) is 3.23. The van der Waals surface area contributed by atoms with Crippen molar-refractivity contribution in [3.05, 3.63) is 69.8 Å². The maximum Gasteiger partial charge on any atom is 0.269 e. The third-order valence-corrected chi connectivity index (χ3v) is 4.29. The summed E-state index contributed by atoms with van der Waals surface area (Å²) in [6.07, 6.45) is 0. The number of aryl methyl sites for hydroxylation is 1. The van der Waals surface area contributed by atoms with E-state index in [4.69, 9.17) is 0 Å². The highest BCUT2D eigenvalue weighted by Crippen LogP contribution is 2.19. The molecule has 23 heavy (non-hydrogen) atoms. The van der Waals surface area contributed by atoms with E-state index in [9.17, 15) is 10.1 Å². The number of hydrogen-bond acceptors (Lipinski definition) is 4. The lowest BCUT2D eigenvalue weighted by Crippen LogP contribution is -2.45. The predicted molar refractivity (Wildman–Crippen MR) is 91.8 cm³/mol. The minimum Gasteiger partial charge on any atom is -0.369 e. The van der Waals surface area contributed by atoms with Crippen LogP contribution in [-0.4, -0.2) is 36.0 Å². The van der Waals surface area contributed by atoms with Crippen molar-refractivity contribution in [2.75, 3.05) is 31.1 Å². The summed E-state index contributed by atoms with van der Waals surface area (Å²) in [6.45, 7) is 7.00. The molecule has 0 unspecified atom stereocenters. The minimum atomic E-state index is -0.357. The fourth-order valence-electron chi connectivity index (χ4n) is 2.97. The second-order valence-electron chi connectivity index (χ2n) is 6.03. The molecule has 1 heterocycles. The van der Waals surface area contributed by atoms with Gasteiger partial charge in [-0.05, 0) is 30.2 Å². The smallest absolute Gasteiger partial charge is 0.269 e. The molecule has 1 saturated heterocycles. The lowest BCUT2D eigenvalue weighted by atomic mass is 10.1. The van der Waals surface area contributed by atoms with Crippen LogP contribution in [0.25, 0.3) is 0 Å². The summed E-state index contributed by atoms with van der Waals surface area (Å²) in [4.78, 5) is 15.1. The first-order chi connectivity index (χ1) is 11.1. The minimum absolute atomic E-state index is 0.151. The molecule has 1 aliphatic rings. The van der Waals surface area contributed by atoms with Gasteiger partial charge < -0.3 is 4.90 Å². The molecule has 1 fully saturated rings. The van der Waals surface area contributed by atoms with Crippen LogP contribution in [0, 0.1) is 17.0 Å². The molecule has 2 aromatic rings. The monoisotopic (exact) mass is 311 g/mol. The quantitative estimate of drug-likeness (QED) is 0.642.